The van der Waals surface area contributed by atoms with Crippen molar-refractivity contribution in [3.8, 4) is 0 Å². The summed E-state index contributed by atoms with van der Waals surface area (Å²) in [6.45, 7) is 2.28. The fraction of sp³-hybridized carbons (Fsp3) is 0.759. The summed E-state index contributed by atoms with van der Waals surface area (Å²) < 4.78 is 0. The van der Waals surface area contributed by atoms with Gasteiger partial charge < -0.3 is 0 Å². The summed E-state index contributed by atoms with van der Waals surface area (Å²) in [5, 5.41) is 0. The minimum Gasteiger partial charge on any atom is -0.294 e. The molecule has 0 radical (unpaired) electrons. The molecule has 0 fully saturated rings. The zero-order valence-electron chi connectivity index (χ0n) is 20.5. The number of hydrogen-bond donors (Lipinski definition) is 1. The molecule has 0 heterocycles. The lowest BCUT2D eigenvalue weighted by Gasteiger charge is -2.05. The number of carbonyl (C=O) groups is 1. The topological polar surface area (TPSA) is 17.1 Å². The maximum absolute atomic E-state index is 12.4. The average molecular weight is 447 g/mol. The Balaban J connectivity index is 2.01. The van der Waals surface area contributed by atoms with Crippen LogP contribution in [0, 0.1) is 0 Å². The molecule has 31 heavy (non-hydrogen) atoms. The van der Waals surface area contributed by atoms with E-state index in [2.05, 4.69) is 43.8 Å². The zero-order chi connectivity index (χ0) is 22.4. The summed E-state index contributed by atoms with van der Waals surface area (Å²) in [4.78, 5) is 12.4. The number of benzene rings is 1. The summed E-state index contributed by atoms with van der Waals surface area (Å²) in [7, 11) is 0. The van der Waals surface area contributed by atoms with Gasteiger partial charge in [-0.2, -0.15) is 12.6 Å². The highest BCUT2D eigenvalue weighted by molar-refractivity contribution is 7.80. The molecule has 1 rings (SSSR count). The smallest absolute Gasteiger partial charge is 0.162 e. The van der Waals surface area contributed by atoms with Crippen LogP contribution in [0.3, 0.4) is 0 Å². The van der Waals surface area contributed by atoms with Crippen molar-refractivity contribution in [3.05, 3.63) is 35.4 Å². The van der Waals surface area contributed by atoms with Crippen LogP contribution in [-0.2, 0) is 6.42 Å². The van der Waals surface area contributed by atoms with Crippen LogP contribution in [0.1, 0.15) is 145 Å². The molecule has 178 valence electrons. The van der Waals surface area contributed by atoms with Gasteiger partial charge in [-0.15, -0.1) is 0 Å². The van der Waals surface area contributed by atoms with E-state index < -0.39 is 0 Å². The van der Waals surface area contributed by atoms with E-state index in [4.69, 9.17) is 0 Å². The predicted molar refractivity (Wildman–Crippen MR) is 142 cm³/mol. The molecule has 1 aromatic carbocycles. The van der Waals surface area contributed by atoms with E-state index in [-0.39, 0.29) is 0 Å². The summed E-state index contributed by atoms with van der Waals surface area (Å²) in [6, 6.07) is 8.45. The Bertz CT molecular complexity index is 522. The van der Waals surface area contributed by atoms with E-state index in [1.165, 1.54) is 115 Å². The number of ketones is 1. The Kier molecular flexibility index (Phi) is 19.2. The zero-order valence-corrected chi connectivity index (χ0v) is 21.4. The quantitative estimate of drug-likeness (QED) is 0.106. The number of thiol groups is 1. The number of Topliss-reactive ketones (excluding diaryl/α,β-unsaturated/α-hetero) is 1. The Morgan fingerprint density at radius 2 is 1.06 bits per heavy atom. The van der Waals surface area contributed by atoms with Gasteiger partial charge in [0, 0.05) is 12.0 Å². The first-order valence-corrected chi connectivity index (χ1v) is 14.1. The van der Waals surface area contributed by atoms with Crippen molar-refractivity contribution in [2.24, 2.45) is 0 Å². The van der Waals surface area contributed by atoms with E-state index in [1.54, 1.807) is 0 Å². The maximum Gasteiger partial charge on any atom is 0.162 e. The minimum absolute atomic E-state index is 0.319. The van der Waals surface area contributed by atoms with Crippen LogP contribution in [0.4, 0.5) is 0 Å². The first-order valence-electron chi connectivity index (χ1n) is 13.5. The Hall–Kier alpha value is -0.760. The molecule has 0 aliphatic rings. The van der Waals surface area contributed by atoms with Crippen molar-refractivity contribution in [2.75, 3.05) is 5.75 Å². The molecule has 1 nitrogen and oxygen atoms in total. The third-order valence-corrected chi connectivity index (χ3v) is 6.72. The SMILES string of the molecule is CCCCCCCCCCCCc1ccc(C(=O)CCCCCCCCCCS)cc1. The molecule has 0 amide bonds. The van der Waals surface area contributed by atoms with Gasteiger partial charge >= 0.3 is 0 Å². The van der Waals surface area contributed by atoms with Gasteiger partial charge in [0.15, 0.2) is 5.78 Å². The first-order chi connectivity index (χ1) is 15.3. The van der Waals surface area contributed by atoms with Crippen LogP contribution in [0.2, 0.25) is 0 Å². The van der Waals surface area contributed by atoms with Crippen molar-refractivity contribution >= 4 is 18.4 Å². The molecule has 2 heteroatoms. The Morgan fingerprint density at radius 3 is 1.58 bits per heavy atom. The van der Waals surface area contributed by atoms with Gasteiger partial charge in [-0.3, -0.25) is 4.79 Å². The van der Waals surface area contributed by atoms with Gasteiger partial charge in [0.2, 0.25) is 0 Å². The van der Waals surface area contributed by atoms with Crippen molar-refractivity contribution in [1.29, 1.82) is 0 Å². The number of carbonyl (C=O) groups excluding carboxylic acids is 1. The van der Waals surface area contributed by atoms with Gasteiger partial charge in [-0.1, -0.05) is 128 Å². The summed E-state index contributed by atoms with van der Waals surface area (Å²) in [5.41, 5.74) is 2.28. The highest BCUT2D eigenvalue weighted by atomic mass is 32.1. The highest BCUT2D eigenvalue weighted by Crippen LogP contribution is 2.15. The van der Waals surface area contributed by atoms with Crippen LogP contribution >= 0.6 is 12.6 Å². The monoisotopic (exact) mass is 446 g/mol. The molecule has 0 N–H and O–H groups in total. The molecule has 0 aromatic heterocycles. The summed E-state index contributed by atoms with van der Waals surface area (Å²) in [5.74, 6) is 1.34. The van der Waals surface area contributed by atoms with Crippen molar-refractivity contribution in [1.82, 2.24) is 0 Å². The standard InChI is InChI=1S/C29H50OS/c1-2-3-4-5-6-7-8-11-14-17-20-27-22-24-28(25-23-27)29(30)21-18-15-12-9-10-13-16-19-26-31/h22-25,31H,2-21,26H2,1H3. The molecule has 0 atom stereocenters. The van der Waals surface area contributed by atoms with E-state index >= 15 is 0 Å². The highest BCUT2D eigenvalue weighted by Gasteiger charge is 2.05. The lowest BCUT2D eigenvalue weighted by molar-refractivity contribution is 0.0979. The van der Waals surface area contributed by atoms with Gasteiger partial charge in [0.25, 0.3) is 0 Å². The number of unbranched alkanes of at least 4 members (excludes halogenated alkanes) is 16. The van der Waals surface area contributed by atoms with Gasteiger partial charge in [-0.05, 0) is 37.0 Å². The minimum atomic E-state index is 0.319. The van der Waals surface area contributed by atoms with Gasteiger partial charge in [0.1, 0.15) is 0 Å². The van der Waals surface area contributed by atoms with E-state index in [0.29, 0.717) is 12.2 Å². The molecule has 0 saturated carbocycles. The lowest BCUT2D eigenvalue weighted by Crippen LogP contribution is -1.99. The van der Waals surface area contributed by atoms with Crippen LogP contribution in [0.15, 0.2) is 24.3 Å². The summed E-state index contributed by atoms with van der Waals surface area (Å²) >= 11 is 4.25. The summed E-state index contributed by atoms with van der Waals surface area (Å²) in [6.07, 6.45) is 25.7. The van der Waals surface area contributed by atoms with Crippen LogP contribution in [-0.4, -0.2) is 11.5 Å². The maximum atomic E-state index is 12.4. The fourth-order valence-electron chi connectivity index (χ4n) is 4.28. The van der Waals surface area contributed by atoms with Gasteiger partial charge in [0.05, 0.1) is 0 Å². The molecule has 0 spiro atoms. The second-order valence-corrected chi connectivity index (χ2v) is 9.80. The fourth-order valence-corrected chi connectivity index (χ4v) is 4.50. The van der Waals surface area contributed by atoms with E-state index in [0.717, 1.165) is 24.2 Å². The lowest BCUT2D eigenvalue weighted by atomic mass is 10.00. The molecule has 0 saturated heterocycles. The molecule has 0 aliphatic heterocycles. The van der Waals surface area contributed by atoms with E-state index in [1.807, 2.05) is 0 Å². The predicted octanol–water partition coefficient (Wildman–Crippen LogP) is 9.77. The van der Waals surface area contributed by atoms with Crippen molar-refractivity contribution in [2.45, 2.75) is 135 Å². The molecule has 0 unspecified atom stereocenters. The van der Waals surface area contributed by atoms with Gasteiger partial charge in [-0.25, -0.2) is 0 Å². The molecule has 0 aliphatic carbocycles. The average Bonchev–Trinajstić information content (AvgIpc) is 2.79. The molecular weight excluding hydrogens is 396 g/mol. The Labute approximate surface area is 199 Å². The third-order valence-electron chi connectivity index (χ3n) is 6.41. The normalized spacial score (nSPS) is 11.2. The molecule has 1 aromatic rings. The van der Waals surface area contributed by atoms with Crippen LogP contribution < -0.4 is 0 Å². The van der Waals surface area contributed by atoms with E-state index in [9.17, 15) is 4.79 Å². The number of hydrogen-bond acceptors (Lipinski definition) is 2. The second kappa shape index (κ2) is 21.1. The van der Waals surface area contributed by atoms with Crippen molar-refractivity contribution < 1.29 is 4.79 Å². The Morgan fingerprint density at radius 1 is 0.613 bits per heavy atom. The van der Waals surface area contributed by atoms with Crippen molar-refractivity contribution in [3.63, 3.8) is 0 Å². The van der Waals surface area contributed by atoms with Crippen LogP contribution in [0.25, 0.3) is 0 Å². The third kappa shape index (κ3) is 16.5. The second-order valence-electron chi connectivity index (χ2n) is 9.35. The molecular formula is C29H50OS. The first kappa shape index (κ1) is 28.3. The number of rotatable bonds is 22. The van der Waals surface area contributed by atoms with Crippen LogP contribution in [0.5, 0.6) is 0 Å². The number of aryl methyl sites for hydroxylation is 1. The largest absolute Gasteiger partial charge is 0.294 e. The molecule has 0 bridgehead atoms.